The Kier molecular flexibility index (Phi) is 7.60. The van der Waals surface area contributed by atoms with Crippen molar-refractivity contribution in [3.63, 3.8) is 0 Å². The second kappa shape index (κ2) is 10.4. The molecule has 0 heterocycles. The highest BCUT2D eigenvalue weighted by atomic mass is 32.2. The smallest absolute Gasteiger partial charge is 0.338 e. The summed E-state index contributed by atoms with van der Waals surface area (Å²) >= 11 is 0. The standard InChI is InChI=1S/C25H24FNO5S/c1-18-8-14-22(15-9-18)27(2)33(30,31)23-6-3-5-20(17-23)25(29)32-16-4-7-24(28)19-10-12-21(26)13-11-19/h3,5-6,8-15,17H,4,7,16H2,1-2H3. The van der Waals surface area contributed by atoms with Crippen LogP contribution in [-0.4, -0.2) is 33.8 Å². The van der Waals surface area contributed by atoms with E-state index < -0.39 is 21.8 Å². The molecule has 6 nitrogen and oxygen atoms in total. The third-order valence-corrected chi connectivity index (χ3v) is 6.85. The number of Topliss-reactive ketones (excluding diaryl/α,β-unsaturated/α-hetero) is 1. The maximum atomic E-state index is 13.0. The zero-order valence-electron chi connectivity index (χ0n) is 18.3. The second-order valence-corrected chi connectivity index (χ2v) is 9.47. The lowest BCUT2D eigenvalue weighted by Gasteiger charge is -2.20. The van der Waals surface area contributed by atoms with E-state index in [1.165, 1.54) is 55.6 Å². The molecule has 0 aliphatic heterocycles. The van der Waals surface area contributed by atoms with Gasteiger partial charge in [0.05, 0.1) is 22.8 Å². The highest BCUT2D eigenvalue weighted by molar-refractivity contribution is 7.92. The number of carbonyl (C=O) groups excluding carboxylic acids is 2. The van der Waals surface area contributed by atoms with E-state index in [-0.39, 0.29) is 35.7 Å². The number of esters is 1. The van der Waals surface area contributed by atoms with Gasteiger partial charge in [-0.25, -0.2) is 17.6 Å². The molecule has 0 fully saturated rings. The van der Waals surface area contributed by atoms with Gasteiger partial charge in [-0.15, -0.1) is 0 Å². The SMILES string of the molecule is Cc1ccc(N(C)S(=O)(=O)c2cccc(C(=O)OCCCC(=O)c3ccc(F)cc3)c2)cc1. The van der Waals surface area contributed by atoms with E-state index >= 15 is 0 Å². The van der Waals surface area contributed by atoms with Crippen molar-refractivity contribution in [3.05, 3.63) is 95.3 Å². The number of nitrogens with zero attached hydrogens (tertiary/aromatic N) is 1. The average Bonchev–Trinajstić information content (AvgIpc) is 2.82. The monoisotopic (exact) mass is 469 g/mol. The number of halogens is 1. The summed E-state index contributed by atoms with van der Waals surface area (Å²) in [5, 5.41) is 0. The van der Waals surface area contributed by atoms with Gasteiger partial charge in [-0.05, 0) is 67.9 Å². The molecule has 172 valence electrons. The summed E-state index contributed by atoms with van der Waals surface area (Å²) in [6.07, 6.45) is 0.421. The van der Waals surface area contributed by atoms with Gasteiger partial charge in [-0.1, -0.05) is 23.8 Å². The Labute approximate surface area is 192 Å². The molecule has 0 saturated heterocycles. The fraction of sp³-hybridized carbons (Fsp3) is 0.200. The lowest BCUT2D eigenvalue weighted by Crippen LogP contribution is -2.26. The van der Waals surface area contributed by atoms with E-state index in [1.807, 2.05) is 19.1 Å². The second-order valence-electron chi connectivity index (χ2n) is 7.51. The van der Waals surface area contributed by atoms with Crippen LogP contribution < -0.4 is 4.31 Å². The quantitative estimate of drug-likeness (QED) is 0.256. The number of hydrogen-bond donors (Lipinski definition) is 0. The summed E-state index contributed by atoms with van der Waals surface area (Å²) < 4.78 is 45.3. The summed E-state index contributed by atoms with van der Waals surface area (Å²) in [7, 11) is -2.43. The van der Waals surface area contributed by atoms with Crippen LogP contribution in [0.1, 0.15) is 39.1 Å². The molecule has 8 heteroatoms. The van der Waals surface area contributed by atoms with Gasteiger partial charge in [0.15, 0.2) is 5.78 Å². The van der Waals surface area contributed by atoms with Gasteiger partial charge in [0.1, 0.15) is 5.82 Å². The molecule has 33 heavy (non-hydrogen) atoms. The zero-order chi connectivity index (χ0) is 24.0. The molecule has 0 aliphatic rings. The lowest BCUT2D eigenvalue weighted by atomic mass is 10.1. The Morgan fingerprint density at radius 1 is 0.939 bits per heavy atom. The Balaban J connectivity index is 1.60. The first-order chi connectivity index (χ1) is 15.7. The predicted octanol–water partition coefficient (Wildman–Crippen LogP) is 4.78. The minimum atomic E-state index is -3.88. The summed E-state index contributed by atoms with van der Waals surface area (Å²) in [4.78, 5) is 24.5. The average molecular weight is 470 g/mol. The van der Waals surface area contributed by atoms with Gasteiger partial charge in [-0.3, -0.25) is 9.10 Å². The number of sulfonamides is 1. The topological polar surface area (TPSA) is 80.8 Å². The molecular weight excluding hydrogens is 445 g/mol. The fourth-order valence-corrected chi connectivity index (χ4v) is 4.34. The Morgan fingerprint density at radius 2 is 1.61 bits per heavy atom. The fourth-order valence-electron chi connectivity index (χ4n) is 3.10. The zero-order valence-corrected chi connectivity index (χ0v) is 19.1. The number of rotatable bonds is 9. The van der Waals surface area contributed by atoms with Gasteiger partial charge in [0, 0.05) is 19.0 Å². The number of aryl methyl sites for hydroxylation is 1. The first kappa shape index (κ1) is 24.1. The van der Waals surface area contributed by atoms with Crippen LogP contribution in [0.5, 0.6) is 0 Å². The van der Waals surface area contributed by atoms with Crippen LogP contribution in [0.25, 0.3) is 0 Å². The van der Waals surface area contributed by atoms with Crippen molar-refractivity contribution >= 4 is 27.5 Å². The normalized spacial score (nSPS) is 11.1. The minimum Gasteiger partial charge on any atom is -0.462 e. The highest BCUT2D eigenvalue weighted by Crippen LogP contribution is 2.23. The number of ether oxygens (including phenoxy) is 1. The summed E-state index contributed by atoms with van der Waals surface area (Å²) in [5.74, 6) is -1.28. The number of benzene rings is 3. The van der Waals surface area contributed by atoms with E-state index in [0.717, 1.165) is 9.87 Å². The van der Waals surface area contributed by atoms with Crippen LogP contribution in [0.4, 0.5) is 10.1 Å². The van der Waals surface area contributed by atoms with E-state index in [2.05, 4.69) is 0 Å². The molecule has 0 N–H and O–H groups in total. The Bertz CT molecular complexity index is 1240. The van der Waals surface area contributed by atoms with E-state index in [0.29, 0.717) is 11.3 Å². The summed E-state index contributed by atoms with van der Waals surface area (Å²) in [6.45, 7) is 1.90. The van der Waals surface area contributed by atoms with Crippen molar-refractivity contribution in [1.82, 2.24) is 0 Å². The van der Waals surface area contributed by atoms with E-state index in [9.17, 15) is 22.4 Å². The van der Waals surface area contributed by atoms with Crippen molar-refractivity contribution in [2.45, 2.75) is 24.7 Å². The number of anilines is 1. The van der Waals surface area contributed by atoms with Crippen LogP contribution in [0.15, 0.2) is 77.7 Å². The largest absolute Gasteiger partial charge is 0.462 e. The van der Waals surface area contributed by atoms with Gasteiger partial charge in [0.25, 0.3) is 10.0 Å². The molecule has 3 aromatic rings. The minimum absolute atomic E-state index is 0.00792. The summed E-state index contributed by atoms with van der Waals surface area (Å²) in [5.41, 5.74) is 1.99. The molecule has 3 rings (SSSR count). The molecule has 0 amide bonds. The van der Waals surface area contributed by atoms with Gasteiger partial charge < -0.3 is 4.74 Å². The Hall–Kier alpha value is -3.52. The number of carbonyl (C=O) groups is 2. The highest BCUT2D eigenvalue weighted by Gasteiger charge is 2.22. The molecule has 0 unspecified atom stereocenters. The van der Waals surface area contributed by atoms with Crippen LogP contribution in [0, 0.1) is 12.7 Å². The Morgan fingerprint density at radius 3 is 2.27 bits per heavy atom. The molecule has 0 aliphatic carbocycles. The van der Waals surface area contributed by atoms with E-state index in [1.54, 1.807) is 12.1 Å². The number of hydrogen-bond acceptors (Lipinski definition) is 5. The molecule has 0 saturated carbocycles. The molecule has 3 aromatic carbocycles. The predicted molar refractivity (Wildman–Crippen MR) is 123 cm³/mol. The van der Waals surface area contributed by atoms with Crippen molar-refractivity contribution in [1.29, 1.82) is 0 Å². The van der Waals surface area contributed by atoms with Gasteiger partial charge in [0.2, 0.25) is 0 Å². The molecule has 0 atom stereocenters. The van der Waals surface area contributed by atoms with Crippen molar-refractivity contribution in [2.24, 2.45) is 0 Å². The maximum Gasteiger partial charge on any atom is 0.338 e. The van der Waals surface area contributed by atoms with Crippen molar-refractivity contribution in [2.75, 3.05) is 18.0 Å². The first-order valence-electron chi connectivity index (χ1n) is 10.3. The van der Waals surface area contributed by atoms with E-state index in [4.69, 9.17) is 4.74 Å². The molecule has 0 spiro atoms. The molecule has 0 bridgehead atoms. The molecule has 0 radical (unpaired) electrons. The van der Waals surface area contributed by atoms with Crippen molar-refractivity contribution in [3.8, 4) is 0 Å². The van der Waals surface area contributed by atoms with Gasteiger partial charge >= 0.3 is 5.97 Å². The third-order valence-electron chi connectivity index (χ3n) is 5.07. The third kappa shape index (κ3) is 6.04. The van der Waals surface area contributed by atoms with Crippen LogP contribution in [0.2, 0.25) is 0 Å². The van der Waals surface area contributed by atoms with Gasteiger partial charge in [-0.2, -0.15) is 0 Å². The number of ketones is 1. The molecule has 0 aromatic heterocycles. The lowest BCUT2D eigenvalue weighted by molar-refractivity contribution is 0.0494. The van der Waals surface area contributed by atoms with Crippen LogP contribution in [-0.2, 0) is 14.8 Å². The molecular formula is C25H24FNO5S. The van der Waals surface area contributed by atoms with Crippen LogP contribution in [0.3, 0.4) is 0 Å². The van der Waals surface area contributed by atoms with Crippen LogP contribution >= 0.6 is 0 Å². The summed E-state index contributed by atoms with van der Waals surface area (Å²) in [6, 6.07) is 17.9. The van der Waals surface area contributed by atoms with Crippen molar-refractivity contribution < 1.29 is 27.1 Å². The maximum absolute atomic E-state index is 13.0. The first-order valence-corrected chi connectivity index (χ1v) is 11.7.